The van der Waals surface area contributed by atoms with Crippen LogP contribution in [0.3, 0.4) is 0 Å². The van der Waals surface area contributed by atoms with Crippen LogP contribution in [0.1, 0.15) is 44.8 Å². The molecule has 6 heteroatoms. The SMILES string of the molecule is CCCN(CC)CCNC(=NC)NC(C)c1ccc(C)o1.I. The number of rotatable bonds is 8. The molecular weight excluding hydrogens is 391 g/mol. The number of hydrogen-bond acceptors (Lipinski definition) is 3. The van der Waals surface area contributed by atoms with Crippen molar-refractivity contribution in [2.45, 2.75) is 40.2 Å². The molecule has 0 saturated carbocycles. The molecule has 0 radical (unpaired) electrons. The average molecular weight is 422 g/mol. The summed E-state index contributed by atoms with van der Waals surface area (Å²) in [7, 11) is 1.79. The highest BCUT2D eigenvalue weighted by Gasteiger charge is 2.11. The summed E-state index contributed by atoms with van der Waals surface area (Å²) in [5.74, 6) is 2.67. The van der Waals surface area contributed by atoms with E-state index in [1.165, 1.54) is 6.42 Å². The summed E-state index contributed by atoms with van der Waals surface area (Å²) in [5, 5.41) is 6.70. The van der Waals surface area contributed by atoms with Gasteiger partial charge in [0.1, 0.15) is 11.5 Å². The summed E-state index contributed by atoms with van der Waals surface area (Å²) < 4.78 is 5.63. The molecule has 1 rings (SSSR count). The van der Waals surface area contributed by atoms with E-state index in [0.717, 1.165) is 43.7 Å². The molecule has 1 aromatic rings. The van der Waals surface area contributed by atoms with Crippen LogP contribution in [-0.4, -0.2) is 44.1 Å². The highest BCUT2D eigenvalue weighted by Crippen LogP contribution is 2.15. The van der Waals surface area contributed by atoms with E-state index in [-0.39, 0.29) is 30.0 Å². The normalized spacial score (nSPS) is 12.9. The van der Waals surface area contributed by atoms with E-state index in [4.69, 9.17) is 4.42 Å². The fourth-order valence-corrected chi connectivity index (χ4v) is 2.23. The standard InChI is InChI=1S/C16H30N4O.HI/c1-6-11-20(7-2)12-10-18-16(17-5)19-14(4)15-9-8-13(3)21-15;/h8-9,14H,6-7,10-12H2,1-5H3,(H2,17,18,19);1H. The monoisotopic (exact) mass is 422 g/mol. The Morgan fingerprint density at radius 3 is 2.55 bits per heavy atom. The third kappa shape index (κ3) is 7.49. The predicted molar refractivity (Wildman–Crippen MR) is 104 cm³/mol. The van der Waals surface area contributed by atoms with Gasteiger partial charge in [-0.25, -0.2) is 0 Å². The quantitative estimate of drug-likeness (QED) is 0.384. The second kappa shape index (κ2) is 11.8. The average Bonchev–Trinajstić information content (AvgIpc) is 2.91. The molecule has 0 saturated heterocycles. The number of guanidine groups is 1. The van der Waals surface area contributed by atoms with Gasteiger partial charge in [-0.05, 0) is 45.5 Å². The molecule has 0 aliphatic carbocycles. The molecule has 0 aromatic carbocycles. The van der Waals surface area contributed by atoms with Crippen molar-refractivity contribution >= 4 is 29.9 Å². The molecule has 5 nitrogen and oxygen atoms in total. The van der Waals surface area contributed by atoms with Crippen LogP contribution in [-0.2, 0) is 0 Å². The van der Waals surface area contributed by atoms with Crippen molar-refractivity contribution in [3.8, 4) is 0 Å². The van der Waals surface area contributed by atoms with E-state index in [1.807, 2.05) is 19.1 Å². The van der Waals surface area contributed by atoms with Crippen molar-refractivity contribution in [1.82, 2.24) is 15.5 Å². The largest absolute Gasteiger partial charge is 0.464 e. The number of halogens is 1. The zero-order valence-corrected chi connectivity index (χ0v) is 16.8. The second-order valence-corrected chi connectivity index (χ2v) is 5.25. The summed E-state index contributed by atoms with van der Waals surface area (Å²) in [4.78, 5) is 6.69. The Morgan fingerprint density at radius 2 is 2.05 bits per heavy atom. The molecular formula is C16H31IN4O. The number of likely N-dealkylation sites (N-methyl/N-ethyl adjacent to an activating group) is 1. The highest BCUT2D eigenvalue weighted by atomic mass is 127. The Hall–Kier alpha value is -0.760. The Morgan fingerprint density at radius 1 is 1.32 bits per heavy atom. The van der Waals surface area contributed by atoms with Gasteiger partial charge in [0.2, 0.25) is 0 Å². The molecule has 22 heavy (non-hydrogen) atoms. The fraction of sp³-hybridized carbons (Fsp3) is 0.688. The third-order valence-electron chi connectivity index (χ3n) is 3.47. The van der Waals surface area contributed by atoms with Crippen LogP contribution in [0.15, 0.2) is 21.5 Å². The molecule has 1 aromatic heterocycles. The molecule has 1 unspecified atom stereocenters. The maximum atomic E-state index is 5.63. The van der Waals surface area contributed by atoms with Gasteiger partial charge in [0.15, 0.2) is 5.96 Å². The molecule has 0 fully saturated rings. The van der Waals surface area contributed by atoms with E-state index in [0.29, 0.717) is 0 Å². The first kappa shape index (κ1) is 21.2. The van der Waals surface area contributed by atoms with Gasteiger partial charge in [-0.1, -0.05) is 13.8 Å². The van der Waals surface area contributed by atoms with Crippen molar-refractivity contribution in [2.75, 3.05) is 33.2 Å². The lowest BCUT2D eigenvalue weighted by molar-refractivity contribution is 0.292. The molecule has 0 amide bonds. The lowest BCUT2D eigenvalue weighted by atomic mass is 10.2. The second-order valence-electron chi connectivity index (χ2n) is 5.25. The van der Waals surface area contributed by atoms with Crippen molar-refractivity contribution < 1.29 is 4.42 Å². The molecule has 0 spiro atoms. The van der Waals surface area contributed by atoms with E-state index in [2.05, 4.69) is 41.3 Å². The lowest BCUT2D eigenvalue weighted by Gasteiger charge is -2.21. The number of aliphatic imine (C=N–C) groups is 1. The highest BCUT2D eigenvalue weighted by molar-refractivity contribution is 14.0. The lowest BCUT2D eigenvalue weighted by Crippen LogP contribution is -2.42. The van der Waals surface area contributed by atoms with Crippen LogP contribution >= 0.6 is 24.0 Å². The summed E-state index contributed by atoms with van der Waals surface area (Å²) >= 11 is 0. The minimum Gasteiger partial charge on any atom is -0.464 e. The zero-order chi connectivity index (χ0) is 15.7. The fourth-order valence-electron chi connectivity index (χ4n) is 2.23. The smallest absolute Gasteiger partial charge is 0.191 e. The van der Waals surface area contributed by atoms with E-state index < -0.39 is 0 Å². The molecule has 0 aliphatic rings. The maximum Gasteiger partial charge on any atom is 0.191 e. The van der Waals surface area contributed by atoms with Crippen molar-refractivity contribution in [1.29, 1.82) is 0 Å². The third-order valence-corrected chi connectivity index (χ3v) is 3.47. The van der Waals surface area contributed by atoms with Crippen LogP contribution < -0.4 is 10.6 Å². The van der Waals surface area contributed by atoms with Gasteiger partial charge >= 0.3 is 0 Å². The molecule has 2 N–H and O–H groups in total. The van der Waals surface area contributed by atoms with Gasteiger partial charge in [0.05, 0.1) is 6.04 Å². The summed E-state index contributed by atoms with van der Waals surface area (Å²) in [6.45, 7) is 12.6. The Labute approximate surface area is 152 Å². The molecule has 128 valence electrons. The Balaban J connectivity index is 0.00000441. The number of hydrogen-bond donors (Lipinski definition) is 2. The predicted octanol–water partition coefficient (Wildman–Crippen LogP) is 3.16. The van der Waals surface area contributed by atoms with Gasteiger partial charge in [0, 0.05) is 20.1 Å². The first-order valence-corrected chi connectivity index (χ1v) is 7.86. The molecule has 1 heterocycles. The molecule has 1 atom stereocenters. The van der Waals surface area contributed by atoms with Gasteiger partial charge in [-0.3, -0.25) is 4.99 Å². The first-order chi connectivity index (χ1) is 10.1. The number of nitrogens with zero attached hydrogens (tertiary/aromatic N) is 2. The van der Waals surface area contributed by atoms with Crippen molar-refractivity contribution in [3.63, 3.8) is 0 Å². The molecule has 0 bridgehead atoms. The van der Waals surface area contributed by atoms with Crippen molar-refractivity contribution in [3.05, 3.63) is 23.7 Å². The van der Waals surface area contributed by atoms with Crippen LogP contribution in [0.2, 0.25) is 0 Å². The van der Waals surface area contributed by atoms with Crippen molar-refractivity contribution in [2.24, 2.45) is 4.99 Å². The van der Waals surface area contributed by atoms with Gasteiger partial charge in [-0.15, -0.1) is 24.0 Å². The van der Waals surface area contributed by atoms with Crippen LogP contribution in [0, 0.1) is 6.92 Å². The summed E-state index contributed by atoms with van der Waals surface area (Å²) in [6.07, 6.45) is 1.19. The van der Waals surface area contributed by atoms with E-state index in [1.54, 1.807) is 7.05 Å². The van der Waals surface area contributed by atoms with Crippen LogP contribution in [0.25, 0.3) is 0 Å². The Kier molecular flexibility index (Phi) is 11.4. The topological polar surface area (TPSA) is 52.8 Å². The van der Waals surface area contributed by atoms with Gasteiger partial charge in [-0.2, -0.15) is 0 Å². The maximum absolute atomic E-state index is 5.63. The first-order valence-electron chi connectivity index (χ1n) is 7.86. The van der Waals surface area contributed by atoms with E-state index >= 15 is 0 Å². The van der Waals surface area contributed by atoms with Crippen LogP contribution in [0.5, 0.6) is 0 Å². The Bertz CT molecular complexity index is 434. The number of aryl methyl sites for hydroxylation is 1. The summed E-state index contributed by atoms with van der Waals surface area (Å²) in [6, 6.07) is 4.08. The molecule has 0 aliphatic heterocycles. The minimum absolute atomic E-state index is 0. The van der Waals surface area contributed by atoms with Gasteiger partial charge in [0.25, 0.3) is 0 Å². The van der Waals surface area contributed by atoms with E-state index in [9.17, 15) is 0 Å². The zero-order valence-electron chi connectivity index (χ0n) is 14.5. The van der Waals surface area contributed by atoms with Crippen LogP contribution in [0.4, 0.5) is 0 Å². The number of nitrogens with one attached hydrogen (secondary N) is 2. The minimum atomic E-state index is 0. The van der Waals surface area contributed by atoms with Gasteiger partial charge < -0.3 is 20.0 Å². The number of furan rings is 1. The summed E-state index contributed by atoms with van der Waals surface area (Å²) in [5.41, 5.74) is 0.